The fourth-order valence-corrected chi connectivity index (χ4v) is 1.72. The molecular weight excluding hydrogens is 232 g/mol. The van der Waals surface area contributed by atoms with Gasteiger partial charge in [-0.25, -0.2) is 0 Å². The third kappa shape index (κ3) is 2.27. The number of aromatic nitrogens is 1. The van der Waals surface area contributed by atoms with Crippen molar-refractivity contribution in [2.45, 2.75) is 6.04 Å². The highest BCUT2D eigenvalue weighted by Gasteiger charge is 2.15. The van der Waals surface area contributed by atoms with Crippen molar-refractivity contribution in [2.24, 2.45) is 0 Å². The maximum absolute atomic E-state index is 5.36. The van der Waals surface area contributed by atoms with E-state index in [1.165, 1.54) is 0 Å². The lowest BCUT2D eigenvalue weighted by molar-refractivity contribution is 0.0756. The summed E-state index contributed by atoms with van der Waals surface area (Å²) in [6.07, 6.45) is 1.80. The van der Waals surface area contributed by atoms with Crippen molar-refractivity contribution < 1.29 is 4.74 Å². The van der Waals surface area contributed by atoms with Crippen molar-refractivity contribution in [3.05, 3.63) is 28.5 Å². The zero-order valence-electron chi connectivity index (χ0n) is 7.16. The first-order valence-corrected chi connectivity index (χ1v) is 5.08. The van der Waals surface area contributed by atoms with Crippen molar-refractivity contribution in [1.29, 1.82) is 0 Å². The highest BCUT2D eigenvalue weighted by Crippen LogP contribution is 2.17. The third-order valence-corrected chi connectivity index (χ3v) is 2.52. The van der Waals surface area contributed by atoms with E-state index in [-0.39, 0.29) is 6.04 Å². The van der Waals surface area contributed by atoms with Gasteiger partial charge in [-0.2, -0.15) is 0 Å². The predicted molar refractivity (Wildman–Crippen MR) is 53.5 cm³/mol. The van der Waals surface area contributed by atoms with Crippen LogP contribution in [0.1, 0.15) is 11.7 Å². The lowest BCUT2D eigenvalue weighted by Crippen LogP contribution is -2.35. The van der Waals surface area contributed by atoms with E-state index in [9.17, 15) is 0 Å². The molecule has 0 aliphatic carbocycles. The lowest BCUT2D eigenvalue weighted by Gasteiger charge is -2.23. The van der Waals surface area contributed by atoms with E-state index in [4.69, 9.17) is 4.74 Å². The molecule has 1 aromatic rings. The van der Waals surface area contributed by atoms with E-state index in [1.807, 2.05) is 12.1 Å². The van der Waals surface area contributed by atoms with E-state index in [2.05, 4.69) is 26.2 Å². The number of ether oxygens (including phenoxy) is 1. The molecule has 13 heavy (non-hydrogen) atoms. The Labute approximate surface area is 85.6 Å². The molecule has 1 unspecified atom stereocenters. The minimum atomic E-state index is 0.242. The number of pyridine rings is 1. The summed E-state index contributed by atoms with van der Waals surface area (Å²) in [6, 6.07) is 4.19. The molecule has 2 heterocycles. The molecule has 1 aromatic heterocycles. The number of hydrogen-bond donors (Lipinski definition) is 1. The second-order valence-electron chi connectivity index (χ2n) is 2.98. The van der Waals surface area contributed by atoms with Crippen LogP contribution in [0.2, 0.25) is 0 Å². The third-order valence-electron chi connectivity index (χ3n) is 2.02. The van der Waals surface area contributed by atoms with Gasteiger partial charge in [0.15, 0.2) is 0 Å². The summed E-state index contributed by atoms with van der Waals surface area (Å²) in [5, 5.41) is 3.35. The van der Waals surface area contributed by atoms with Crippen LogP contribution in [0.3, 0.4) is 0 Å². The van der Waals surface area contributed by atoms with E-state index >= 15 is 0 Å². The zero-order chi connectivity index (χ0) is 9.10. The molecule has 1 fully saturated rings. The molecule has 2 rings (SSSR count). The molecule has 3 nitrogen and oxygen atoms in total. The fraction of sp³-hybridized carbons (Fsp3) is 0.444. The maximum atomic E-state index is 5.36. The summed E-state index contributed by atoms with van der Waals surface area (Å²) < 4.78 is 6.42. The van der Waals surface area contributed by atoms with E-state index in [0.29, 0.717) is 6.61 Å². The normalized spacial score (nSPS) is 23.0. The largest absolute Gasteiger partial charge is 0.378 e. The Morgan fingerprint density at radius 3 is 3.23 bits per heavy atom. The summed E-state index contributed by atoms with van der Waals surface area (Å²) in [5.74, 6) is 0. The van der Waals surface area contributed by atoms with Crippen molar-refractivity contribution in [1.82, 2.24) is 10.3 Å². The van der Waals surface area contributed by atoms with Gasteiger partial charge in [-0.15, -0.1) is 0 Å². The Morgan fingerprint density at radius 2 is 2.54 bits per heavy atom. The Hall–Kier alpha value is -0.450. The molecule has 0 radical (unpaired) electrons. The molecule has 1 saturated heterocycles. The molecule has 1 N–H and O–H groups in total. The van der Waals surface area contributed by atoms with Crippen molar-refractivity contribution in [3.8, 4) is 0 Å². The highest BCUT2D eigenvalue weighted by atomic mass is 79.9. The van der Waals surface area contributed by atoms with Gasteiger partial charge in [-0.05, 0) is 12.1 Å². The zero-order valence-corrected chi connectivity index (χ0v) is 8.75. The average Bonchev–Trinajstić information content (AvgIpc) is 2.19. The minimum Gasteiger partial charge on any atom is -0.378 e. The summed E-state index contributed by atoms with van der Waals surface area (Å²) in [5.41, 5.74) is 1.04. The molecule has 0 bridgehead atoms. The molecule has 1 atom stereocenters. The molecule has 1 aliphatic heterocycles. The smallest absolute Gasteiger partial charge is 0.0733 e. The first-order chi connectivity index (χ1) is 6.36. The predicted octanol–water partition coefficient (Wildman–Crippen LogP) is 1.50. The molecule has 0 aromatic carbocycles. The van der Waals surface area contributed by atoms with Crippen LogP contribution < -0.4 is 5.32 Å². The van der Waals surface area contributed by atoms with Gasteiger partial charge in [0, 0.05) is 17.2 Å². The van der Waals surface area contributed by atoms with Crippen LogP contribution in [-0.4, -0.2) is 24.7 Å². The number of nitrogens with zero attached hydrogens (tertiary/aromatic N) is 1. The quantitative estimate of drug-likeness (QED) is 0.811. The van der Waals surface area contributed by atoms with Gasteiger partial charge in [0.05, 0.1) is 24.9 Å². The topological polar surface area (TPSA) is 34.1 Å². The van der Waals surface area contributed by atoms with Gasteiger partial charge in [0.2, 0.25) is 0 Å². The van der Waals surface area contributed by atoms with E-state index in [1.54, 1.807) is 6.20 Å². The summed E-state index contributed by atoms with van der Waals surface area (Å²) >= 11 is 3.42. The molecule has 0 spiro atoms. The lowest BCUT2D eigenvalue weighted by atomic mass is 10.2. The second kappa shape index (κ2) is 4.17. The summed E-state index contributed by atoms with van der Waals surface area (Å²) in [6.45, 7) is 2.41. The molecule has 70 valence electrons. The van der Waals surface area contributed by atoms with E-state index in [0.717, 1.165) is 23.3 Å². The molecule has 4 heteroatoms. The number of rotatable bonds is 1. The van der Waals surface area contributed by atoms with Crippen LogP contribution in [-0.2, 0) is 4.74 Å². The maximum Gasteiger partial charge on any atom is 0.0733 e. The first-order valence-electron chi connectivity index (χ1n) is 4.29. The standard InChI is InChI=1S/C9H11BrN2O/c10-7-1-2-11-8(5-7)9-6-13-4-3-12-9/h1-2,5,9,12H,3-4,6H2. The molecular formula is C9H11BrN2O. The van der Waals surface area contributed by atoms with Crippen LogP contribution in [0.5, 0.6) is 0 Å². The Kier molecular flexibility index (Phi) is 2.93. The van der Waals surface area contributed by atoms with Gasteiger partial charge >= 0.3 is 0 Å². The van der Waals surface area contributed by atoms with Crippen LogP contribution in [0, 0.1) is 0 Å². The Morgan fingerprint density at radius 1 is 1.62 bits per heavy atom. The van der Waals surface area contributed by atoms with Gasteiger partial charge in [0.1, 0.15) is 0 Å². The Balaban J connectivity index is 2.14. The summed E-state index contributed by atoms with van der Waals surface area (Å²) in [4.78, 5) is 4.29. The van der Waals surface area contributed by atoms with Gasteiger partial charge in [-0.3, -0.25) is 4.98 Å². The van der Waals surface area contributed by atoms with Crippen LogP contribution in [0.15, 0.2) is 22.8 Å². The number of hydrogen-bond acceptors (Lipinski definition) is 3. The molecule has 1 aliphatic rings. The van der Waals surface area contributed by atoms with Crippen LogP contribution in [0.4, 0.5) is 0 Å². The monoisotopic (exact) mass is 242 g/mol. The van der Waals surface area contributed by atoms with Gasteiger partial charge in [0.25, 0.3) is 0 Å². The van der Waals surface area contributed by atoms with Gasteiger partial charge in [-0.1, -0.05) is 15.9 Å². The van der Waals surface area contributed by atoms with Crippen molar-refractivity contribution in [3.63, 3.8) is 0 Å². The highest BCUT2D eigenvalue weighted by molar-refractivity contribution is 9.10. The first kappa shape index (κ1) is 9.12. The van der Waals surface area contributed by atoms with Crippen molar-refractivity contribution >= 4 is 15.9 Å². The van der Waals surface area contributed by atoms with Crippen LogP contribution in [0.25, 0.3) is 0 Å². The van der Waals surface area contributed by atoms with E-state index < -0.39 is 0 Å². The van der Waals surface area contributed by atoms with Gasteiger partial charge < -0.3 is 10.1 Å². The fourth-order valence-electron chi connectivity index (χ4n) is 1.37. The summed E-state index contributed by atoms with van der Waals surface area (Å²) in [7, 11) is 0. The average molecular weight is 243 g/mol. The minimum absolute atomic E-state index is 0.242. The van der Waals surface area contributed by atoms with Crippen LogP contribution >= 0.6 is 15.9 Å². The number of morpholine rings is 1. The number of halogens is 1. The van der Waals surface area contributed by atoms with Crippen molar-refractivity contribution in [2.75, 3.05) is 19.8 Å². The molecule has 0 saturated carbocycles. The second-order valence-corrected chi connectivity index (χ2v) is 3.90. The SMILES string of the molecule is Brc1ccnc(C2COCCN2)c1. The molecule has 0 amide bonds. The Bertz CT molecular complexity index is 287. The number of nitrogens with one attached hydrogen (secondary N) is 1.